The van der Waals surface area contributed by atoms with Crippen molar-refractivity contribution >= 4 is 0 Å². The van der Waals surface area contributed by atoms with Crippen LogP contribution < -0.4 is 5.32 Å². The number of morpholine rings is 1. The fraction of sp³-hybridized carbons (Fsp3) is 1.00. The van der Waals surface area contributed by atoms with Crippen LogP contribution in [0.3, 0.4) is 0 Å². The number of rotatable bonds is 2. The van der Waals surface area contributed by atoms with Crippen molar-refractivity contribution in [2.45, 2.75) is 47.1 Å². The molecule has 80 valence electrons. The van der Waals surface area contributed by atoms with Gasteiger partial charge in [0.1, 0.15) is 0 Å². The molecule has 1 N–H and O–H groups in total. The van der Waals surface area contributed by atoms with Gasteiger partial charge in [-0.2, -0.15) is 0 Å². The first-order chi connectivity index (χ1) is 6.17. The Balaban J connectivity index is 0.000000671. The second kappa shape index (κ2) is 6.39. The lowest BCUT2D eigenvalue weighted by Gasteiger charge is -2.36. The van der Waals surface area contributed by atoms with Gasteiger partial charge in [0.15, 0.2) is 0 Å². The summed E-state index contributed by atoms with van der Waals surface area (Å²) in [7, 11) is 0. The average Bonchev–Trinajstić information content (AvgIpc) is 2.22. The van der Waals surface area contributed by atoms with E-state index in [4.69, 9.17) is 4.74 Å². The molecule has 1 aliphatic heterocycles. The van der Waals surface area contributed by atoms with Crippen molar-refractivity contribution in [2.75, 3.05) is 19.8 Å². The van der Waals surface area contributed by atoms with E-state index in [2.05, 4.69) is 26.1 Å². The Morgan fingerprint density at radius 1 is 1.38 bits per heavy atom. The number of hydrogen-bond donors (Lipinski definition) is 1. The number of hydrogen-bond acceptors (Lipinski definition) is 2. The first-order valence-electron chi connectivity index (χ1n) is 5.48. The smallest absolute Gasteiger partial charge is 0.0625 e. The molecular formula is C11H25NO. The van der Waals surface area contributed by atoms with Crippen LogP contribution in [0.4, 0.5) is 0 Å². The van der Waals surface area contributed by atoms with Gasteiger partial charge in [0.05, 0.1) is 13.2 Å². The van der Waals surface area contributed by atoms with Crippen LogP contribution in [0, 0.1) is 5.41 Å². The van der Waals surface area contributed by atoms with Crippen molar-refractivity contribution < 1.29 is 4.74 Å². The molecule has 0 saturated carbocycles. The van der Waals surface area contributed by atoms with E-state index < -0.39 is 0 Å². The predicted molar refractivity (Wildman–Crippen MR) is 58.0 cm³/mol. The Morgan fingerprint density at radius 2 is 2.00 bits per heavy atom. The molecule has 0 aromatic carbocycles. The highest BCUT2D eigenvalue weighted by Gasteiger charge is 2.28. The van der Waals surface area contributed by atoms with Gasteiger partial charge in [-0.3, -0.25) is 0 Å². The maximum absolute atomic E-state index is 5.41. The molecule has 0 aromatic rings. The van der Waals surface area contributed by atoms with Crippen LogP contribution in [0.15, 0.2) is 0 Å². The molecule has 0 amide bonds. The Hall–Kier alpha value is -0.0800. The van der Waals surface area contributed by atoms with Crippen LogP contribution in [0.1, 0.15) is 41.0 Å². The highest BCUT2D eigenvalue weighted by Crippen LogP contribution is 2.25. The minimum Gasteiger partial charge on any atom is -0.378 e. The van der Waals surface area contributed by atoms with E-state index in [1.165, 1.54) is 6.42 Å². The summed E-state index contributed by atoms with van der Waals surface area (Å²) < 4.78 is 5.41. The van der Waals surface area contributed by atoms with Gasteiger partial charge in [0.25, 0.3) is 0 Å². The molecular weight excluding hydrogens is 162 g/mol. The van der Waals surface area contributed by atoms with Crippen LogP contribution in [-0.2, 0) is 4.74 Å². The zero-order chi connectivity index (χ0) is 10.3. The summed E-state index contributed by atoms with van der Waals surface area (Å²) >= 11 is 0. The third-order valence-electron chi connectivity index (χ3n) is 2.78. The van der Waals surface area contributed by atoms with E-state index in [0.29, 0.717) is 11.5 Å². The SMILES string of the molecule is CC.CCC(C)(C)C1COCCN1. The monoisotopic (exact) mass is 187 g/mol. The fourth-order valence-corrected chi connectivity index (χ4v) is 1.31. The molecule has 0 aliphatic carbocycles. The van der Waals surface area contributed by atoms with Gasteiger partial charge in [-0.05, 0) is 11.8 Å². The minimum absolute atomic E-state index is 0.375. The third-order valence-corrected chi connectivity index (χ3v) is 2.78. The number of nitrogens with one attached hydrogen (secondary N) is 1. The molecule has 13 heavy (non-hydrogen) atoms. The Kier molecular flexibility index (Phi) is 6.35. The van der Waals surface area contributed by atoms with Gasteiger partial charge in [-0.25, -0.2) is 0 Å². The standard InChI is InChI=1S/C9H19NO.C2H6/c1-4-9(2,3)8-7-11-6-5-10-8;1-2/h8,10H,4-7H2,1-3H3;1-2H3. The second-order valence-electron chi connectivity index (χ2n) is 3.92. The van der Waals surface area contributed by atoms with Gasteiger partial charge in [0.2, 0.25) is 0 Å². The first kappa shape index (κ1) is 12.9. The van der Waals surface area contributed by atoms with Gasteiger partial charge >= 0.3 is 0 Å². The van der Waals surface area contributed by atoms with E-state index in [0.717, 1.165) is 19.8 Å². The molecule has 0 spiro atoms. The lowest BCUT2D eigenvalue weighted by atomic mass is 9.82. The molecule has 1 fully saturated rings. The molecule has 1 atom stereocenters. The Morgan fingerprint density at radius 3 is 2.38 bits per heavy atom. The molecule has 2 nitrogen and oxygen atoms in total. The highest BCUT2D eigenvalue weighted by atomic mass is 16.5. The minimum atomic E-state index is 0.375. The van der Waals surface area contributed by atoms with Gasteiger partial charge in [-0.15, -0.1) is 0 Å². The van der Waals surface area contributed by atoms with Gasteiger partial charge < -0.3 is 10.1 Å². The average molecular weight is 187 g/mol. The molecule has 1 saturated heterocycles. The van der Waals surface area contributed by atoms with E-state index in [1.807, 2.05) is 13.8 Å². The maximum Gasteiger partial charge on any atom is 0.0625 e. The van der Waals surface area contributed by atoms with Crippen molar-refractivity contribution in [3.8, 4) is 0 Å². The zero-order valence-corrected chi connectivity index (χ0v) is 9.81. The van der Waals surface area contributed by atoms with Crippen LogP contribution in [0.25, 0.3) is 0 Å². The summed E-state index contributed by atoms with van der Waals surface area (Å²) in [5.41, 5.74) is 0.375. The molecule has 0 aromatic heterocycles. The molecule has 2 heteroatoms. The molecule has 0 bridgehead atoms. The summed E-state index contributed by atoms with van der Waals surface area (Å²) in [6.45, 7) is 13.6. The lowest BCUT2D eigenvalue weighted by molar-refractivity contribution is 0.0322. The van der Waals surface area contributed by atoms with Crippen LogP contribution >= 0.6 is 0 Å². The summed E-state index contributed by atoms with van der Waals surface area (Å²) in [5, 5.41) is 3.49. The highest BCUT2D eigenvalue weighted by molar-refractivity contribution is 4.84. The van der Waals surface area contributed by atoms with Crippen LogP contribution in [0.5, 0.6) is 0 Å². The molecule has 1 unspecified atom stereocenters. The van der Waals surface area contributed by atoms with Gasteiger partial charge in [0, 0.05) is 12.6 Å². The lowest BCUT2D eigenvalue weighted by Crippen LogP contribution is -2.49. The van der Waals surface area contributed by atoms with Gasteiger partial charge in [-0.1, -0.05) is 34.6 Å². The normalized spacial score (nSPS) is 23.3. The van der Waals surface area contributed by atoms with Crippen molar-refractivity contribution in [3.05, 3.63) is 0 Å². The largest absolute Gasteiger partial charge is 0.378 e. The van der Waals surface area contributed by atoms with E-state index >= 15 is 0 Å². The zero-order valence-electron chi connectivity index (χ0n) is 9.81. The Labute approximate surface area is 83.1 Å². The van der Waals surface area contributed by atoms with E-state index in [-0.39, 0.29) is 0 Å². The summed E-state index contributed by atoms with van der Waals surface area (Å²) in [5.74, 6) is 0. The fourth-order valence-electron chi connectivity index (χ4n) is 1.31. The molecule has 1 heterocycles. The van der Waals surface area contributed by atoms with E-state index in [9.17, 15) is 0 Å². The molecule has 1 rings (SSSR count). The van der Waals surface area contributed by atoms with Crippen molar-refractivity contribution in [2.24, 2.45) is 5.41 Å². The summed E-state index contributed by atoms with van der Waals surface area (Å²) in [4.78, 5) is 0. The van der Waals surface area contributed by atoms with Crippen LogP contribution in [-0.4, -0.2) is 25.8 Å². The second-order valence-corrected chi connectivity index (χ2v) is 3.92. The molecule has 1 aliphatic rings. The summed E-state index contributed by atoms with van der Waals surface area (Å²) in [6.07, 6.45) is 1.20. The Bertz CT molecular complexity index is 117. The van der Waals surface area contributed by atoms with Crippen molar-refractivity contribution in [1.29, 1.82) is 0 Å². The quantitative estimate of drug-likeness (QED) is 0.717. The predicted octanol–water partition coefficient (Wildman–Crippen LogP) is 2.44. The van der Waals surface area contributed by atoms with Crippen molar-refractivity contribution in [1.82, 2.24) is 5.32 Å². The molecule has 0 radical (unpaired) electrons. The van der Waals surface area contributed by atoms with Crippen LogP contribution in [0.2, 0.25) is 0 Å². The summed E-state index contributed by atoms with van der Waals surface area (Å²) in [6, 6.07) is 0.543. The van der Waals surface area contributed by atoms with E-state index in [1.54, 1.807) is 0 Å². The maximum atomic E-state index is 5.41. The van der Waals surface area contributed by atoms with Crippen molar-refractivity contribution in [3.63, 3.8) is 0 Å². The topological polar surface area (TPSA) is 21.3 Å². The first-order valence-corrected chi connectivity index (χ1v) is 5.48. The number of ether oxygens (including phenoxy) is 1. The third kappa shape index (κ3) is 4.10.